The van der Waals surface area contributed by atoms with Gasteiger partial charge in [0.05, 0.1) is 18.4 Å². The van der Waals surface area contributed by atoms with Crippen LogP contribution in [0.2, 0.25) is 5.15 Å². The number of anilines is 1. The van der Waals surface area contributed by atoms with Crippen molar-refractivity contribution in [2.75, 3.05) is 18.0 Å². The van der Waals surface area contributed by atoms with Crippen LogP contribution in [0, 0.1) is 11.2 Å². The molecule has 0 radical (unpaired) electrons. The third-order valence-corrected chi connectivity index (χ3v) is 6.72. The number of carbonyl (C=O) groups is 2. The molecule has 4 heterocycles. The van der Waals surface area contributed by atoms with Gasteiger partial charge in [-0.3, -0.25) is 4.79 Å². The van der Waals surface area contributed by atoms with E-state index in [-0.39, 0.29) is 35.1 Å². The second kappa shape index (κ2) is 10.3. The Morgan fingerprint density at radius 3 is 2.83 bits per heavy atom. The number of aromatic nitrogens is 4. The topological polar surface area (TPSA) is 125 Å². The molecule has 3 N–H and O–H groups in total. The summed E-state index contributed by atoms with van der Waals surface area (Å²) in [6, 6.07) is 2.68. The van der Waals surface area contributed by atoms with Crippen molar-refractivity contribution in [1.82, 2.24) is 30.2 Å². The van der Waals surface area contributed by atoms with Crippen LogP contribution in [0.25, 0.3) is 5.65 Å². The lowest BCUT2D eigenvalue weighted by atomic mass is 9.85. The molecule has 1 aliphatic heterocycles. The van der Waals surface area contributed by atoms with Gasteiger partial charge in [-0.05, 0) is 36.8 Å². The minimum atomic E-state index is -1.10. The molecule has 10 nitrogen and oxygen atoms in total. The average Bonchev–Trinajstić information content (AvgIpc) is 3.46. The second-order valence-electron chi connectivity index (χ2n) is 9.91. The van der Waals surface area contributed by atoms with Gasteiger partial charge in [-0.25, -0.2) is 23.7 Å². The van der Waals surface area contributed by atoms with E-state index in [2.05, 4.69) is 20.7 Å². The van der Waals surface area contributed by atoms with Crippen molar-refractivity contribution in [2.45, 2.75) is 52.1 Å². The van der Waals surface area contributed by atoms with Gasteiger partial charge < -0.3 is 20.6 Å². The van der Waals surface area contributed by atoms with Gasteiger partial charge in [0.15, 0.2) is 5.65 Å². The maximum Gasteiger partial charge on any atom is 0.404 e. The van der Waals surface area contributed by atoms with E-state index in [9.17, 15) is 14.0 Å². The van der Waals surface area contributed by atoms with Gasteiger partial charge in [0.2, 0.25) is 0 Å². The fourth-order valence-corrected chi connectivity index (χ4v) is 4.74. The molecule has 0 bridgehead atoms. The molecule has 1 fully saturated rings. The van der Waals surface area contributed by atoms with Crippen molar-refractivity contribution in [2.24, 2.45) is 5.41 Å². The molecule has 3 aromatic rings. The second-order valence-corrected chi connectivity index (χ2v) is 10.3. The number of rotatable bonds is 7. The predicted molar refractivity (Wildman–Crippen MR) is 133 cm³/mol. The van der Waals surface area contributed by atoms with Crippen LogP contribution in [0.4, 0.5) is 15.0 Å². The SMILES string of the molecule is CC(C)(C)C(CCNC(=O)c1cnn2ccc(N3CCCC3c3cc(F)cnc3Cl)nc12)NC(=O)O. The summed E-state index contributed by atoms with van der Waals surface area (Å²) in [5, 5.41) is 19.0. The Balaban J connectivity index is 1.52. The summed E-state index contributed by atoms with van der Waals surface area (Å²) in [5.74, 6) is -0.182. The highest BCUT2D eigenvalue weighted by atomic mass is 35.5. The number of hydrogen-bond donors (Lipinski definition) is 3. The summed E-state index contributed by atoms with van der Waals surface area (Å²) in [7, 11) is 0. The fourth-order valence-electron chi connectivity index (χ4n) is 4.51. The zero-order valence-corrected chi connectivity index (χ0v) is 21.1. The Morgan fingerprint density at radius 1 is 1.33 bits per heavy atom. The molecule has 0 spiro atoms. The van der Waals surface area contributed by atoms with Crippen LogP contribution < -0.4 is 15.5 Å². The number of amides is 2. The number of nitrogens with zero attached hydrogens (tertiary/aromatic N) is 5. The van der Waals surface area contributed by atoms with E-state index in [0.29, 0.717) is 35.6 Å². The quantitative estimate of drug-likeness (QED) is 0.403. The highest BCUT2D eigenvalue weighted by molar-refractivity contribution is 6.30. The van der Waals surface area contributed by atoms with Crippen molar-refractivity contribution in [3.05, 3.63) is 52.8 Å². The third-order valence-electron chi connectivity index (χ3n) is 6.40. The number of pyridine rings is 1. The Kier molecular flexibility index (Phi) is 7.30. The van der Waals surface area contributed by atoms with Crippen molar-refractivity contribution in [3.63, 3.8) is 0 Å². The molecule has 0 aliphatic carbocycles. The normalized spacial score (nSPS) is 16.8. The van der Waals surface area contributed by atoms with Gasteiger partial charge in [-0.15, -0.1) is 0 Å². The number of nitrogens with one attached hydrogen (secondary N) is 2. The Bertz CT molecular complexity index is 1280. The highest BCUT2D eigenvalue weighted by Crippen LogP contribution is 2.38. The number of carbonyl (C=O) groups excluding carboxylic acids is 1. The predicted octanol–water partition coefficient (Wildman–Crippen LogP) is 4.06. The van der Waals surface area contributed by atoms with Crippen LogP contribution in [-0.2, 0) is 0 Å². The number of halogens is 2. The molecule has 192 valence electrons. The van der Waals surface area contributed by atoms with Gasteiger partial charge in [0, 0.05) is 30.9 Å². The zero-order chi connectivity index (χ0) is 26.0. The van der Waals surface area contributed by atoms with Crippen molar-refractivity contribution >= 4 is 35.1 Å². The Morgan fingerprint density at radius 2 is 2.11 bits per heavy atom. The van der Waals surface area contributed by atoms with Gasteiger partial charge in [0.1, 0.15) is 22.4 Å². The van der Waals surface area contributed by atoms with Gasteiger partial charge >= 0.3 is 6.09 Å². The molecule has 0 aromatic carbocycles. The molecule has 4 rings (SSSR count). The molecule has 2 atom stereocenters. The van der Waals surface area contributed by atoms with Crippen molar-refractivity contribution in [3.8, 4) is 0 Å². The van der Waals surface area contributed by atoms with Crippen LogP contribution in [0.1, 0.15) is 62.0 Å². The third kappa shape index (κ3) is 5.51. The summed E-state index contributed by atoms with van der Waals surface area (Å²) in [6.45, 7) is 6.78. The van der Waals surface area contributed by atoms with Gasteiger partial charge in [-0.1, -0.05) is 32.4 Å². The maximum absolute atomic E-state index is 13.9. The molecule has 1 aliphatic rings. The van der Waals surface area contributed by atoms with E-state index in [0.717, 1.165) is 19.0 Å². The number of hydrogen-bond acceptors (Lipinski definition) is 6. The highest BCUT2D eigenvalue weighted by Gasteiger charge is 2.30. The van der Waals surface area contributed by atoms with Crippen LogP contribution in [0.15, 0.2) is 30.7 Å². The summed E-state index contributed by atoms with van der Waals surface area (Å²) in [5.41, 5.74) is 0.980. The standard InChI is InChI=1S/C24H29ClFN7O3/c1-24(2,3)18(30-23(35)36)6-8-27-22(34)16-13-29-33-10-7-19(31-21(16)33)32-9-4-5-17(32)15-11-14(26)12-28-20(15)25/h7,10-13,17-18,30H,4-6,8-9H2,1-3H3,(H,27,34)(H,35,36). The lowest BCUT2D eigenvalue weighted by Gasteiger charge is -2.30. The molecule has 2 amide bonds. The van der Waals surface area contributed by atoms with Crippen LogP contribution >= 0.6 is 11.6 Å². The van der Waals surface area contributed by atoms with Gasteiger partial charge in [-0.2, -0.15) is 5.10 Å². The first-order chi connectivity index (χ1) is 17.0. The minimum absolute atomic E-state index is 0.188. The monoisotopic (exact) mass is 517 g/mol. The summed E-state index contributed by atoms with van der Waals surface area (Å²) in [6.07, 6.45) is 5.23. The van der Waals surface area contributed by atoms with E-state index in [1.807, 2.05) is 25.7 Å². The number of fused-ring (bicyclic) bond motifs is 1. The molecule has 1 saturated heterocycles. The van der Waals surface area contributed by atoms with E-state index in [1.54, 1.807) is 12.3 Å². The lowest BCUT2D eigenvalue weighted by molar-refractivity contribution is 0.0950. The smallest absolute Gasteiger partial charge is 0.404 e. The lowest BCUT2D eigenvalue weighted by Crippen LogP contribution is -2.45. The van der Waals surface area contributed by atoms with Crippen LogP contribution in [-0.4, -0.2) is 55.8 Å². The fraction of sp³-hybridized carbons (Fsp3) is 0.458. The molecule has 0 saturated carbocycles. The summed E-state index contributed by atoms with van der Waals surface area (Å²) >= 11 is 6.27. The average molecular weight is 518 g/mol. The first kappa shape index (κ1) is 25.6. The summed E-state index contributed by atoms with van der Waals surface area (Å²) in [4.78, 5) is 34.8. The van der Waals surface area contributed by atoms with Crippen molar-refractivity contribution < 1.29 is 19.1 Å². The molecule has 2 unspecified atom stereocenters. The minimum Gasteiger partial charge on any atom is -0.465 e. The molecular formula is C24H29ClFN7O3. The molecule has 36 heavy (non-hydrogen) atoms. The van der Waals surface area contributed by atoms with Crippen LogP contribution in [0.3, 0.4) is 0 Å². The Hall–Kier alpha value is -3.47. The summed E-state index contributed by atoms with van der Waals surface area (Å²) < 4.78 is 15.4. The van der Waals surface area contributed by atoms with E-state index in [4.69, 9.17) is 21.7 Å². The first-order valence-corrected chi connectivity index (χ1v) is 12.1. The first-order valence-electron chi connectivity index (χ1n) is 11.7. The van der Waals surface area contributed by atoms with E-state index < -0.39 is 11.9 Å². The molecule has 3 aromatic heterocycles. The Labute approximate surface area is 212 Å². The molecule has 12 heteroatoms. The van der Waals surface area contributed by atoms with Crippen molar-refractivity contribution in [1.29, 1.82) is 0 Å². The van der Waals surface area contributed by atoms with E-state index >= 15 is 0 Å². The van der Waals surface area contributed by atoms with Gasteiger partial charge in [0.25, 0.3) is 5.91 Å². The molecular weight excluding hydrogens is 489 g/mol. The largest absolute Gasteiger partial charge is 0.465 e. The number of carboxylic acid groups (broad SMARTS) is 1. The van der Waals surface area contributed by atoms with E-state index in [1.165, 1.54) is 16.8 Å². The zero-order valence-electron chi connectivity index (χ0n) is 20.3. The maximum atomic E-state index is 13.9. The van der Waals surface area contributed by atoms with Crippen LogP contribution in [0.5, 0.6) is 0 Å².